The van der Waals surface area contributed by atoms with Crippen LogP contribution in [0.3, 0.4) is 0 Å². The summed E-state index contributed by atoms with van der Waals surface area (Å²) in [7, 11) is -3.46. The fourth-order valence-corrected chi connectivity index (χ4v) is 4.38. The lowest BCUT2D eigenvalue weighted by atomic mass is 9.95. The molecular weight excluding hydrogens is 336 g/mol. The molecule has 0 aliphatic carbocycles. The van der Waals surface area contributed by atoms with Gasteiger partial charge in [-0.25, -0.2) is 8.42 Å². The second kappa shape index (κ2) is 6.98. The molecule has 2 aromatic rings. The van der Waals surface area contributed by atoms with Crippen LogP contribution >= 0.6 is 0 Å². The molecule has 0 bridgehead atoms. The number of rotatable bonds is 4. The first kappa shape index (κ1) is 17.6. The maximum Gasteiger partial charge on any atom is 0.255 e. The number of carbonyl (C=O) groups excluding carboxylic acids is 1. The molecule has 0 spiro atoms. The minimum absolute atomic E-state index is 0.0382. The number of likely N-dealkylation sites (tertiary alicyclic amines) is 1. The van der Waals surface area contributed by atoms with Gasteiger partial charge in [0.1, 0.15) is 0 Å². The molecule has 132 valence electrons. The van der Waals surface area contributed by atoms with Gasteiger partial charge in [0.25, 0.3) is 5.91 Å². The van der Waals surface area contributed by atoms with Gasteiger partial charge in [0.15, 0.2) is 9.84 Å². The molecule has 0 unspecified atom stereocenters. The Balaban J connectivity index is 1.89. The second-order valence-corrected chi connectivity index (χ2v) is 8.54. The molecule has 1 heterocycles. The Morgan fingerprint density at radius 1 is 1.08 bits per heavy atom. The Bertz CT molecular complexity index is 865. The van der Waals surface area contributed by atoms with Crippen LogP contribution in [0, 0.1) is 0 Å². The minimum atomic E-state index is -3.46. The molecule has 6 heteroatoms. The molecule has 2 aromatic carbocycles. The summed E-state index contributed by atoms with van der Waals surface area (Å²) in [5.74, 6) is -0.259. The molecule has 2 atom stereocenters. The molecule has 1 amide bonds. The van der Waals surface area contributed by atoms with Gasteiger partial charge >= 0.3 is 0 Å². The summed E-state index contributed by atoms with van der Waals surface area (Å²) in [6.45, 7) is 2.48. The first-order chi connectivity index (χ1) is 11.9. The van der Waals surface area contributed by atoms with Crippen molar-refractivity contribution in [3.63, 3.8) is 0 Å². The van der Waals surface area contributed by atoms with Gasteiger partial charge in [-0.1, -0.05) is 49.4 Å². The van der Waals surface area contributed by atoms with Crippen molar-refractivity contribution in [3.05, 3.63) is 65.7 Å². The summed E-state index contributed by atoms with van der Waals surface area (Å²) in [4.78, 5) is 14.7. The molecule has 1 fully saturated rings. The van der Waals surface area contributed by atoms with Gasteiger partial charge in [0.05, 0.1) is 16.2 Å². The van der Waals surface area contributed by atoms with Crippen LogP contribution in [-0.4, -0.2) is 44.1 Å². The van der Waals surface area contributed by atoms with Crippen molar-refractivity contribution in [1.82, 2.24) is 4.90 Å². The zero-order valence-electron chi connectivity index (χ0n) is 14.1. The van der Waals surface area contributed by atoms with Crippen LogP contribution in [-0.2, 0) is 9.84 Å². The highest BCUT2D eigenvalue weighted by molar-refractivity contribution is 7.91. The van der Waals surface area contributed by atoms with Crippen molar-refractivity contribution in [3.8, 4) is 0 Å². The van der Waals surface area contributed by atoms with E-state index in [0.29, 0.717) is 13.1 Å². The van der Waals surface area contributed by atoms with E-state index in [0.717, 1.165) is 5.56 Å². The first-order valence-corrected chi connectivity index (χ1v) is 10.0. The zero-order valence-corrected chi connectivity index (χ0v) is 14.9. The van der Waals surface area contributed by atoms with E-state index in [-0.39, 0.29) is 34.1 Å². The number of nitrogens with two attached hydrogens (primary N) is 1. The Labute approximate surface area is 148 Å². The average Bonchev–Trinajstić information content (AvgIpc) is 3.03. The molecule has 2 N–H and O–H groups in total. The summed E-state index contributed by atoms with van der Waals surface area (Å²) in [6.07, 6.45) is 0. The van der Waals surface area contributed by atoms with Crippen molar-refractivity contribution in [2.45, 2.75) is 23.8 Å². The quantitative estimate of drug-likeness (QED) is 0.907. The Kier molecular flexibility index (Phi) is 4.92. The van der Waals surface area contributed by atoms with Crippen LogP contribution in [0.1, 0.15) is 28.8 Å². The van der Waals surface area contributed by atoms with E-state index < -0.39 is 9.84 Å². The molecule has 25 heavy (non-hydrogen) atoms. The maximum atomic E-state index is 13.0. The summed E-state index contributed by atoms with van der Waals surface area (Å²) < 4.78 is 24.6. The normalized spacial score (nSPS) is 20.6. The smallest absolute Gasteiger partial charge is 0.255 e. The molecule has 0 radical (unpaired) electrons. The van der Waals surface area contributed by atoms with Crippen molar-refractivity contribution in [2.75, 3.05) is 18.8 Å². The van der Waals surface area contributed by atoms with Gasteiger partial charge < -0.3 is 10.6 Å². The summed E-state index contributed by atoms with van der Waals surface area (Å²) >= 11 is 0. The molecule has 0 saturated carbocycles. The van der Waals surface area contributed by atoms with E-state index in [1.54, 1.807) is 30.0 Å². The van der Waals surface area contributed by atoms with Crippen LogP contribution in [0.4, 0.5) is 0 Å². The molecule has 3 rings (SSSR count). The van der Waals surface area contributed by atoms with Crippen LogP contribution in [0.25, 0.3) is 0 Å². The summed E-state index contributed by atoms with van der Waals surface area (Å²) in [5.41, 5.74) is 7.58. The largest absolute Gasteiger partial charge is 0.336 e. The minimum Gasteiger partial charge on any atom is -0.336 e. The third-order valence-corrected chi connectivity index (χ3v) is 6.50. The molecule has 0 aromatic heterocycles. The van der Waals surface area contributed by atoms with Gasteiger partial charge in [-0.15, -0.1) is 0 Å². The number of hydrogen-bond acceptors (Lipinski definition) is 4. The third kappa shape index (κ3) is 3.45. The Morgan fingerprint density at radius 3 is 2.40 bits per heavy atom. The van der Waals surface area contributed by atoms with Gasteiger partial charge in [0, 0.05) is 25.0 Å². The number of hydrogen-bond donors (Lipinski definition) is 1. The molecule has 1 saturated heterocycles. The fourth-order valence-electron chi connectivity index (χ4n) is 3.29. The maximum absolute atomic E-state index is 13.0. The van der Waals surface area contributed by atoms with Gasteiger partial charge in [0.2, 0.25) is 0 Å². The summed E-state index contributed by atoms with van der Waals surface area (Å²) in [6, 6.07) is 16.1. The van der Waals surface area contributed by atoms with Gasteiger partial charge in [-0.3, -0.25) is 4.79 Å². The van der Waals surface area contributed by atoms with Crippen LogP contribution < -0.4 is 5.73 Å². The van der Waals surface area contributed by atoms with E-state index in [4.69, 9.17) is 5.73 Å². The standard InChI is InChI=1S/C19H22N2O3S/c1-2-25(23,24)18-11-7-6-10-15(18)19(22)21-12-16(17(20)13-21)14-8-4-3-5-9-14/h3-11,16-17H,2,12-13,20H2,1H3/t16-,17+/m0/s1. The van der Waals surface area contributed by atoms with E-state index >= 15 is 0 Å². The number of sulfone groups is 1. The lowest BCUT2D eigenvalue weighted by molar-refractivity contribution is 0.0785. The topological polar surface area (TPSA) is 80.5 Å². The monoisotopic (exact) mass is 358 g/mol. The van der Waals surface area contributed by atoms with Gasteiger partial charge in [-0.2, -0.15) is 0 Å². The highest BCUT2D eigenvalue weighted by atomic mass is 32.2. The Hall–Kier alpha value is -2.18. The Morgan fingerprint density at radius 2 is 1.72 bits per heavy atom. The predicted octanol–water partition coefficient (Wildman–Crippen LogP) is 2.05. The molecule has 5 nitrogen and oxygen atoms in total. The summed E-state index contributed by atoms with van der Waals surface area (Å²) in [5, 5.41) is 0. The number of amides is 1. The fraction of sp³-hybridized carbons (Fsp3) is 0.316. The van der Waals surface area contributed by atoms with E-state index in [1.165, 1.54) is 6.07 Å². The average molecular weight is 358 g/mol. The SMILES string of the molecule is CCS(=O)(=O)c1ccccc1C(=O)N1C[C@@H](N)[C@H](c2ccccc2)C1. The van der Waals surface area contributed by atoms with E-state index in [1.807, 2.05) is 30.3 Å². The number of nitrogens with zero attached hydrogens (tertiary/aromatic N) is 1. The van der Waals surface area contributed by atoms with Crippen molar-refractivity contribution in [2.24, 2.45) is 5.73 Å². The van der Waals surface area contributed by atoms with Crippen LogP contribution in [0.5, 0.6) is 0 Å². The van der Waals surface area contributed by atoms with Crippen LogP contribution in [0.15, 0.2) is 59.5 Å². The van der Waals surface area contributed by atoms with Crippen LogP contribution in [0.2, 0.25) is 0 Å². The molecule has 1 aliphatic heterocycles. The predicted molar refractivity (Wildman–Crippen MR) is 97.2 cm³/mol. The van der Waals surface area contributed by atoms with E-state index in [9.17, 15) is 13.2 Å². The number of carbonyl (C=O) groups is 1. The van der Waals surface area contributed by atoms with E-state index in [2.05, 4.69) is 0 Å². The first-order valence-electron chi connectivity index (χ1n) is 8.35. The van der Waals surface area contributed by atoms with Crippen molar-refractivity contribution >= 4 is 15.7 Å². The zero-order chi connectivity index (χ0) is 18.0. The van der Waals surface area contributed by atoms with Gasteiger partial charge in [-0.05, 0) is 17.7 Å². The second-order valence-electron chi connectivity index (χ2n) is 6.29. The lowest BCUT2D eigenvalue weighted by Gasteiger charge is -2.18. The third-order valence-electron chi connectivity index (χ3n) is 4.71. The highest BCUT2D eigenvalue weighted by Gasteiger charge is 2.35. The molecule has 1 aliphatic rings. The highest BCUT2D eigenvalue weighted by Crippen LogP contribution is 2.28. The number of benzene rings is 2. The molecular formula is C19H22N2O3S. The van der Waals surface area contributed by atoms with Crippen molar-refractivity contribution in [1.29, 1.82) is 0 Å². The van der Waals surface area contributed by atoms with Crippen molar-refractivity contribution < 1.29 is 13.2 Å². The lowest BCUT2D eigenvalue weighted by Crippen LogP contribution is -2.33.